The molecule has 0 bridgehead atoms. The van der Waals surface area contributed by atoms with Gasteiger partial charge in [-0.25, -0.2) is 0 Å². The molecule has 1 saturated heterocycles. The van der Waals surface area contributed by atoms with Gasteiger partial charge in [-0.05, 0) is 25.1 Å². The van der Waals surface area contributed by atoms with Crippen LogP contribution < -0.4 is 15.4 Å². The average molecular weight is 283 g/mol. The van der Waals surface area contributed by atoms with E-state index in [2.05, 4.69) is 10.6 Å². The lowest BCUT2D eigenvalue weighted by molar-refractivity contribution is -0.127. The molecule has 2 unspecified atom stereocenters. The highest BCUT2D eigenvalue weighted by Gasteiger charge is 2.32. The molecule has 2 N–H and O–H groups in total. The van der Waals surface area contributed by atoms with Gasteiger partial charge in [0.1, 0.15) is 12.4 Å². The van der Waals surface area contributed by atoms with E-state index in [9.17, 15) is 4.79 Å². The molecule has 0 aromatic heterocycles. The number of para-hydroxylation sites is 1. The largest absolute Gasteiger partial charge is 0.491 e. The number of hydrogen-bond acceptors (Lipinski definition) is 3. The predicted molar refractivity (Wildman–Crippen MR) is 75.6 cm³/mol. The van der Waals surface area contributed by atoms with Crippen molar-refractivity contribution in [3.05, 3.63) is 29.8 Å². The van der Waals surface area contributed by atoms with Gasteiger partial charge in [0.15, 0.2) is 0 Å². The normalized spacial score (nSPS) is 22.5. The number of halogens is 1. The number of ether oxygens (including phenoxy) is 1. The summed E-state index contributed by atoms with van der Waals surface area (Å²) in [6.07, 6.45) is 0. The highest BCUT2D eigenvalue weighted by atomic mass is 35.5. The standard InChI is InChI=1S/C14H18N2O2.ClH/c1-9(10-6-15-7-10)14(17)16-12-8-18-13-5-3-2-4-11(12)13;/h2-5,9-10,12,15H,6-8H2,1H3,(H,16,17);1H. The van der Waals surface area contributed by atoms with Crippen LogP contribution in [-0.2, 0) is 4.79 Å². The number of amides is 1. The molecule has 2 aliphatic heterocycles. The van der Waals surface area contributed by atoms with E-state index in [1.54, 1.807) is 0 Å². The van der Waals surface area contributed by atoms with Crippen LogP contribution in [0, 0.1) is 11.8 Å². The van der Waals surface area contributed by atoms with Gasteiger partial charge < -0.3 is 15.4 Å². The zero-order valence-corrected chi connectivity index (χ0v) is 11.7. The van der Waals surface area contributed by atoms with Crippen LogP contribution in [0.15, 0.2) is 24.3 Å². The van der Waals surface area contributed by atoms with Gasteiger partial charge in [-0.2, -0.15) is 0 Å². The summed E-state index contributed by atoms with van der Waals surface area (Å²) in [6, 6.07) is 7.89. The summed E-state index contributed by atoms with van der Waals surface area (Å²) < 4.78 is 5.57. The van der Waals surface area contributed by atoms with E-state index >= 15 is 0 Å². The van der Waals surface area contributed by atoms with Crippen molar-refractivity contribution < 1.29 is 9.53 Å². The monoisotopic (exact) mass is 282 g/mol. The Labute approximate surface area is 119 Å². The number of hydrogen-bond donors (Lipinski definition) is 2. The molecule has 0 radical (unpaired) electrons. The molecule has 1 fully saturated rings. The fourth-order valence-electron chi connectivity index (χ4n) is 2.46. The maximum Gasteiger partial charge on any atom is 0.223 e. The van der Waals surface area contributed by atoms with E-state index in [-0.39, 0.29) is 30.3 Å². The van der Waals surface area contributed by atoms with Crippen LogP contribution in [0.25, 0.3) is 0 Å². The third-order valence-electron chi connectivity index (χ3n) is 3.95. The lowest BCUT2D eigenvalue weighted by Crippen LogP contribution is -2.50. The van der Waals surface area contributed by atoms with Crippen molar-refractivity contribution in [1.82, 2.24) is 10.6 Å². The van der Waals surface area contributed by atoms with Gasteiger partial charge in [0, 0.05) is 11.5 Å². The van der Waals surface area contributed by atoms with Crippen molar-refractivity contribution >= 4 is 18.3 Å². The summed E-state index contributed by atoms with van der Waals surface area (Å²) in [4.78, 5) is 12.1. The smallest absolute Gasteiger partial charge is 0.223 e. The molecule has 19 heavy (non-hydrogen) atoms. The topological polar surface area (TPSA) is 50.4 Å². The first-order valence-electron chi connectivity index (χ1n) is 6.48. The molecule has 2 heterocycles. The number of fused-ring (bicyclic) bond motifs is 1. The first-order valence-corrected chi connectivity index (χ1v) is 6.48. The summed E-state index contributed by atoms with van der Waals surface area (Å²) in [5.41, 5.74) is 1.09. The summed E-state index contributed by atoms with van der Waals surface area (Å²) in [7, 11) is 0. The number of carbonyl (C=O) groups is 1. The second-order valence-electron chi connectivity index (χ2n) is 5.12. The summed E-state index contributed by atoms with van der Waals surface area (Å²) in [5, 5.41) is 6.29. The van der Waals surface area contributed by atoms with E-state index in [0.717, 1.165) is 24.4 Å². The zero-order chi connectivity index (χ0) is 12.5. The second-order valence-corrected chi connectivity index (χ2v) is 5.12. The average Bonchev–Trinajstić information content (AvgIpc) is 2.70. The highest BCUT2D eigenvalue weighted by Crippen LogP contribution is 2.32. The SMILES string of the molecule is CC(C(=O)NC1COc2ccccc21)C1CNC1.Cl. The minimum absolute atomic E-state index is 0. The molecule has 2 aliphatic rings. The van der Waals surface area contributed by atoms with Crippen LogP contribution in [0.2, 0.25) is 0 Å². The van der Waals surface area contributed by atoms with Gasteiger partial charge in [0.05, 0.1) is 6.04 Å². The Morgan fingerprint density at radius 3 is 2.84 bits per heavy atom. The molecular formula is C14H19ClN2O2. The van der Waals surface area contributed by atoms with Crippen LogP contribution in [0.1, 0.15) is 18.5 Å². The van der Waals surface area contributed by atoms with Crippen molar-refractivity contribution in [3.63, 3.8) is 0 Å². The van der Waals surface area contributed by atoms with Crippen molar-refractivity contribution in [2.45, 2.75) is 13.0 Å². The lowest BCUT2D eigenvalue weighted by atomic mass is 9.88. The van der Waals surface area contributed by atoms with Gasteiger partial charge in [0.2, 0.25) is 5.91 Å². The molecule has 4 nitrogen and oxygen atoms in total. The Bertz CT molecular complexity index is 463. The van der Waals surface area contributed by atoms with Crippen molar-refractivity contribution in [2.75, 3.05) is 19.7 Å². The van der Waals surface area contributed by atoms with E-state index in [0.29, 0.717) is 12.5 Å². The number of carbonyl (C=O) groups excluding carboxylic acids is 1. The van der Waals surface area contributed by atoms with Crippen LogP contribution in [-0.4, -0.2) is 25.6 Å². The van der Waals surface area contributed by atoms with E-state index in [4.69, 9.17) is 4.74 Å². The molecule has 3 rings (SSSR count). The number of nitrogens with one attached hydrogen (secondary N) is 2. The summed E-state index contributed by atoms with van der Waals surface area (Å²) >= 11 is 0. The quantitative estimate of drug-likeness (QED) is 0.884. The van der Waals surface area contributed by atoms with Gasteiger partial charge in [-0.3, -0.25) is 4.79 Å². The molecule has 0 aliphatic carbocycles. The fourth-order valence-corrected chi connectivity index (χ4v) is 2.46. The van der Waals surface area contributed by atoms with Crippen molar-refractivity contribution in [2.24, 2.45) is 11.8 Å². The zero-order valence-electron chi connectivity index (χ0n) is 10.9. The minimum atomic E-state index is 0. The van der Waals surface area contributed by atoms with Crippen LogP contribution in [0.3, 0.4) is 0 Å². The summed E-state index contributed by atoms with van der Waals surface area (Å²) in [6.45, 7) is 4.45. The van der Waals surface area contributed by atoms with Gasteiger partial charge in [-0.1, -0.05) is 25.1 Å². The van der Waals surface area contributed by atoms with Crippen molar-refractivity contribution in [1.29, 1.82) is 0 Å². The predicted octanol–water partition coefficient (Wildman–Crippen LogP) is 1.51. The first-order chi connectivity index (χ1) is 8.75. The Kier molecular flexibility index (Phi) is 4.32. The van der Waals surface area contributed by atoms with Gasteiger partial charge in [-0.15, -0.1) is 12.4 Å². The Morgan fingerprint density at radius 1 is 1.42 bits per heavy atom. The molecule has 0 spiro atoms. The van der Waals surface area contributed by atoms with E-state index in [1.807, 2.05) is 31.2 Å². The van der Waals surface area contributed by atoms with Gasteiger partial charge in [0.25, 0.3) is 0 Å². The van der Waals surface area contributed by atoms with Crippen molar-refractivity contribution in [3.8, 4) is 5.75 Å². The maximum atomic E-state index is 12.1. The molecular weight excluding hydrogens is 264 g/mol. The van der Waals surface area contributed by atoms with Gasteiger partial charge >= 0.3 is 0 Å². The van der Waals surface area contributed by atoms with E-state index in [1.165, 1.54) is 0 Å². The van der Waals surface area contributed by atoms with Crippen LogP contribution in [0.4, 0.5) is 0 Å². The number of benzene rings is 1. The van der Waals surface area contributed by atoms with Crippen LogP contribution >= 0.6 is 12.4 Å². The highest BCUT2D eigenvalue weighted by molar-refractivity contribution is 5.85. The van der Waals surface area contributed by atoms with E-state index < -0.39 is 0 Å². The lowest BCUT2D eigenvalue weighted by Gasteiger charge is -2.32. The molecule has 104 valence electrons. The third-order valence-corrected chi connectivity index (χ3v) is 3.95. The Hall–Kier alpha value is -1.26. The first kappa shape index (κ1) is 14.2. The Morgan fingerprint density at radius 2 is 2.16 bits per heavy atom. The third kappa shape index (κ3) is 2.69. The molecule has 2 atom stereocenters. The molecule has 1 aromatic carbocycles. The minimum Gasteiger partial charge on any atom is -0.491 e. The molecule has 0 saturated carbocycles. The molecule has 5 heteroatoms. The summed E-state index contributed by atoms with van der Waals surface area (Å²) in [5.74, 6) is 1.56. The van der Waals surface area contributed by atoms with Crippen LogP contribution in [0.5, 0.6) is 5.75 Å². The second kappa shape index (κ2) is 5.80. The molecule has 1 aromatic rings. The fraction of sp³-hybridized carbons (Fsp3) is 0.500. The Balaban J connectivity index is 0.00000133. The molecule has 1 amide bonds. The maximum absolute atomic E-state index is 12.1. The number of rotatable bonds is 3.